The molecule has 1 aliphatic heterocycles. The van der Waals surface area contributed by atoms with Crippen LogP contribution in [0.2, 0.25) is 0 Å². The van der Waals surface area contributed by atoms with Crippen LogP contribution in [-0.2, 0) is 6.42 Å². The molecule has 2 nitrogen and oxygen atoms in total. The molecule has 0 aliphatic carbocycles. The molecule has 0 fully saturated rings. The number of rotatable bonds is 1. The topological polar surface area (TPSA) is 29.3 Å². The summed E-state index contributed by atoms with van der Waals surface area (Å²) in [6.07, 6.45) is 2.13. The van der Waals surface area contributed by atoms with E-state index in [1.165, 1.54) is 17.7 Å². The fourth-order valence-corrected chi connectivity index (χ4v) is 2.53. The van der Waals surface area contributed by atoms with Crippen LogP contribution in [0.15, 0.2) is 42.5 Å². The molecule has 0 aromatic heterocycles. The molecule has 0 bridgehead atoms. The van der Waals surface area contributed by atoms with E-state index in [1.54, 1.807) is 6.07 Å². The van der Waals surface area contributed by atoms with E-state index in [1.807, 2.05) is 12.1 Å². The Labute approximate surface area is 106 Å². The smallest absolute Gasteiger partial charge is 0.125 e. The number of hydrogen-bond donors (Lipinski definition) is 1. The van der Waals surface area contributed by atoms with Crippen molar-refractivity contribution in [2.24, 2.45) is 0 Å². The van der Waals surface area contributed by atoms with E-state index in [2.05, 4.69) is 17.0 Å². The lowest BCUT2D eigenvalue weighted by atomic mass is 10.0. The number of hydrogen-bond acceptors (Lipinski definition) is 2. The van der Waals surface area contributed by atoms with E-state index in [-0.39, 0.29) is 5.82 Å². The van der Waals surface area contributed by atoms with Gasteiger partial charge in [0.15, 0.2) is 0 Å². The van der Waals surface area contributed by atoms with Crippen molar-refractivity contribution in [1.29, 1.82) is 0 Å². The summed E-state index contributed by atoms with van der Waals surface area (Å²) >= 11 is 0. The fraction of sp³-hybridized carbons (Fsp3) is 0.200. The van der Waals surface area contributed by atoms with Crippen LogP contribution in [0.4, 0.5) is 21.5 Å². The molecule has 3 heteroatoms. The van der Waals surface area contributed by atoms with Crippen molar-refractivity contribution >= 4 is 17.1 Å². The van der Waals surface area contributed by atoms with E-state index in [0.717, 1.165) is 30.8 Å². The van der Waals surface area contributed by atoms with E-state index < -0.39 is 0 Å². The minimum absolute atomic E-state index is 0.248. The molecule has 1 aliphatic rings. The highest BCUT2D eigenvalue weighted by atomic mass is 19.1. The Kier molecular flexibility index (Phi) is 2.67. The number of fused-ring (bicyclic) bond motifs is 1. The van der Waals surface area contributed by atoms with Crippen molar-refractivity contribution in [2.75, 3.05) is 17.2 Å². The van der Waals surface area contributed by atoms with Crippen LogP contribution >= 0.6 is 0 Å². The van der Waals surface area contributed by atoms with Gasteiger partial charge in [0, 0.05) is 12.2 Å². The summed E-state index contributed by atoms with van der Waals surface area (Å²) in [7, 11) is 0. The Morgan fingerprint density at radius 3 is 2.78 bits per heavy atom. The molecule has 0 spiro atoms. The van der Waals surface area contributed by atoms with Gasteiger partial charge < -0.3 is 10.6 Å². The molecule has 18 heavy (non-hydrogen) atoms. The van der Waals surface area contributed by atoms with Gasteiger partial charge in [0.05, 0.1) is 11.4 Å². The highest BCUT2D eigenvalue weighted by Crippen LogP contribution is 2.36. The summed E-state index contributed by atoms with van der Waals surface area (Å²) in [5.74, 6) is -0.248. The molecule has 2 aromatic carbocycles. The van der Waals surface area contributed by atoms with Crippen LogP contribution in [0.5, 0.6) is 0 Å². The second-order valence-electron chi connectivity index (χ2n) is 4.59. The zero-order valence-corrected chi connectivity index (χ0v) is 10.1. The predicted octanol–water partition coefficient (Wildman–Crippen LogP) is 3.49. The number of nitrogens with zero attached hydrogens (tertiary/aromatic N) is 1. The Morgan fingerprint density at radius 2 is 1.89 bits per heavy atom. The standard InChI is InChI=1S/C15H15FN2/c16-12-7-8-13(17)15(10-12)18-9-3-5-11-4-1-2-6-14(11)18/h1-2,4,6-8,10H,3,5,9,17H2. The second-order valence-corrected chi connectivity index (χ2v) is 4.59. The van der Waals surface area contributed by atoms with Crippen molar-refractivity contribution in [3.8, 4) is 0 Å². The van der Waals surface area contributed by atoms with Crippen LogP contribution in [0.1, 0.15) is 12.0 Å². The maximum atomic E-state index is 13.4. The first-order valence-electron chi connectivity index (χ1n) is 6.16. The molecule has 1 heterocycles. The Bertz CT molecular complexity index is 580. The first-order valence-corrected chi connectivity index (χ1v) is 6.16. The van der Waals surface area contributed by atoms with Gasteiger partial charge in [-0.25, -0.2) is 4.39 Å². The van der Waals surface area contributed by atoms with Crippen molar-refractivity contribution in [3.05, 3.63) is 53.8 Å². The summed E-state index contributed by atoms with van der Waals surface area (Å²) in [5.41, 5.74) is 9.79. The van der Waals surface area contributed by atoms with Gasteiger partial charge in [-0.3, -0.25) is 0 Å². The number of nitrogens with two attached hydrogens (primary N) is 1. The van der Waals surface area contributed by atoms with Gasteiger partial charge in [-0.1, -0.05) is 18.2 Å². The van der Waals surface area contributed by atoms with Crippen LogP contribution in [0, 0.1) is 5.82 Å². The van der Waals surface area contributed by atoms with E-state index in [4.69, 9.17) is 5.73 Å². The number of nitrogen functional groups attached to an aromatic ring is 1. The van der Waals surface area contributed by atoms with Crippen LogP contribution < -0.4 is 10.6 Å². The molecular weight excluding hydrogens is 227 g/mol. The second kappa shape index (κ2) is 4.33. The third kappa shape index (κ3) is 1.82. The minimum Gasteiger partial charge on any atom is -0.397 e. The van der Waals surface area contributed by atoms with Gasteiger partial charge in [-0.15, -0.1) is 0 Å². The lowest BCUT2D eigenvalue weighted by Gasteiger charge is -2.32. The van der Waals surface area contributed by atoms with E-state index >= 15 is 0 Å². The lowest BCUT2D eigenvalue weighted by molar-refractivity contribution is 0.627. The molecular formula is C15H15FN2. The van der Waals surface area contributed by atoms with Crippen LogP contribution in [0.3, 0.4) is 0 Å². The van der Waals surface area contributed by atoms with Gasteiger partial charge in [0.25, 0.3) is 0 Å². The number of para-hydroxylation sites is 1. The van der Waals surface area contributed by atoms with Crippen molar-refractivity contribution in [1.82, 2.24) is 0 Å². The first kappa shape index (κ1) is 11.1. The number of anilines is 3. The number of halogens is 1. The largest absolute Gasteiger partial charge is 0.397 e. The highest BCUT2D eigenvalue weighted by molar-refractivity contribution is 5.77. The number of aryl methyl sites for hydroxylation is 1. The van der Waals surface area contributed by atoms with Crippen LogP contribution in [0.25, 0.3) is 0 Å². The zero-order valence-electron chi connectivity index (χ0n) is 10.1. The minimum atomic E-state index is -0.248. The Hall–Kier alpha value is -2.03. The zero-order chi connectivity index (χ0) is 12.5. The molecule has 0 amide bonds. The predicted molar refractivity (Wildman–Crippen MR) is 72.6 cm³/mol. The molecule has 0 radical (unpaired) electrons. The van der Waals surface area contributed by atoms with Gasteiger partial charge in [-0.2, -0.15) is 0 Å². The fourth-order valence-electron chi connectivity index (χ4n) is 2.53. The first-order chi connectivity index (χ1) is 8.75. The molecule has 0 atom stereocenters. The monoisotopic (exact) mass is 242 g/mol. The van der Waals surface area contributed by atoms with E-state index in [9.17, 15) is 4.39 Å². The van der Waals surface area contributed by atoms with Crippen molar-refractivity contribution < 1.29 is 4.39 Å². The molecule has 3 rings (SSSR count). The molecule has 0 saturated carbocycles. The molecule has 2 aromatic rings. The molecule has 0 saturated heterocycles. The van der Waals surface area contributed by atoms with Crippen molar-refractivity contribution in [2.45, 2.75) is 12.8 Å². The summed E-state index contributed by atoms with van der Waals surface area (Å²) in [4.78, 5) is 2.11. The van der Waals surface area contributed by atoms with Crippen molar-refractivity contribution in [3.63, 3.8) is 0 Å². The average Bonchev–Trinajstić information content (AvgIpc) is 2.41. The number of benzene rings is 2. The highest BCUT2D eigenvalue weighted by Gasteiger charge is 2.19. The van der Waals surface area contributed by atoms with Gasteiger partial charge in [0.2, 0.25) is 0 Å². The maximum absolute atomic E-state index is 13.4. The third-order valence-electron chi connectivity index (χ3n) is 3.39. The van der Waals surface area contributed by atoms with Gasteiger partial charge in [-0.05, 0) is 42.7 Å². The average molecular weight is 242 g/mol. The van der Waals surface area contributed by atoms with Crippen LogP contribution in [-0.4, -0.2) is 6.54 Å². The molecule has 0 unspecified atom stereocenters. The SMILES string of the molecule is Nc1ccc(F)cc1N1CCCc2ccccc21. The molecule has 2 N–H and O–H groups in total. The third-order valence-corrected chi connectivity index (χ3v) is 3.39. The van der Waals surface area contributed by atoms with E-state index in [0.29, 0.717) is 5.69 Å². The summed E-state index contributed by atoms with van der Waals surface area (Å²) in [6.45, 7) is 0.880. The normalized spacial score (nSPS) is 14.4. The van der Waals surface area contributed by atoms with Gasteiger partial charge >= 0.3 is 0 Å². The Balaban J connectivity index is 2.11. The molecule has 92 valence electrons. The lowest BCUT2D eigenvalue weighted by Crippen LogP contribution is -2.25. The Morgan fingerprint density at radius 1 is 1.06 bits per heavy atom. The quantitative estimate of drug-likeness (QED) is 0.775. The summed E-state index contributed by atoms with van der Waals surface area (Å²) in [5, 5.41) is 0. The van der Waals surface area contributed by atoms with Gasteiger partial charge in [0.1, 0.15) is 5.82 Å². The summed E-state index contributed by atoms with van der Waals surface area (Å²) in [6, 6.07) is 12.8. The maximum Gasteiger partial charge on any atom is 0.125 e. The summed E-state index contributed by atoms with van der Waals surface area (Å²) < 4.78 is 13.4.